The zero-order chi connectivity index (χ0) is 22.9. The van der Waals surface area contributed by atoms with Gasteiger partial charge in [0.2, 0.25) is 0 Å². The molecule has 4 aromatic rings. The van der Waals surface area contributed by atoms with Gasteiger partial charge in [0.25, 0.3) is 5.91 Å². The van der Waals surface area contributed by atoms with Gasteiger partial charge in [0.15, 0.2) is 0 Å². The van der Waals surface area contributed by atoms with Crippen LogP contribution in [0.4, 0.5) is 0 Å². The lowest BCUT2D eigenvalue weighted by atomic mass is 10.1. The molecule has 0 spiro atoms. The lowest BCUT2D eigenvalue weighted by molar-refractivity contribution is -0.120. The van der Waals surface area contributed by atoms with E-state index in [9.17, 15) is 4.79 Å². The second-order valence-corrected chi connectivity index (χ2v) is 9.00. The summed E-state index contributed by atoms with van der Waals surface area (Å²) >= 11 is 1.59. The third kappa shape index (κ3) is 6.46. The number of thioether (sulfide) groups is 1. The number of fused-ring (bicyclic) bond motifs is 1. The largest absolute Gasteiger partial charge is 0.489 e. The molecule has 5 heteroatoms. The molecule has 33 heavy (non-hydrogen) atoms. The maximum Gasteiger partial charge on any atom is 0.252 e. The fourth-order valence-corrected chi connectivity index (χ4v) is 4.20. The van der Waals surface area contributed by atoms with Crippen molar-refractivity contribution in [2.75, 3.05) is 0 Å². The summed E-state index contributed by atoms with van der Waals surface area (Å²) in [5.41, 5.74) is 5.87. The van der Waals surface area contributed by atoms with Crippen LogP contribution in [0.1, 0.15) is 23.6 Å². The second-order valence-electron chi connectivity index (χ2n) is 7.67. The fraction of sp³-hybridized carbons (Fsp3) is 0.143. The molecule has 0 aliphatic heterocycles. The number of benzene rings is 4. The lowest BCUT2D eigenvalue weighted by Gasteiger charge is -2.10. The second kappa shape index (κ2) is 11.3. The number of carbonyl (C=O) groups is 1. The SMILES string of the molecule is C[C@H](SCc1ccccc1)C(=O)N/N=C\c1ccc(OCc2cccc3ccccc23)cc1. The van der Waals surface area contributed by atoms with E-state index in [2.05, 4.69) is 53.0 Å². The van der Waals surface area contributed by atoms with Gasteiger partial charge in [-0.2, -0.15) is 5.10 Å². The molecule has 0 aliphatic rings. The van der Waals surface area contributed by atoms with E-state index >= 15 is 0 Å². The molecule has 1 atom stereocenters. The van der Waals surface area contributed by atoms with Gasteiger partial charge in [0, 0.05) is 5.75 Å². The van der Waals surface area contributed by atoms with Gasteiger partial charge in [-0.15, -0.1) is 11.8 Å². The summed E-state index contributed by atoms with van der Waals surface area (Å²) in [7, 11) is 0. The highest BCUT2D eigenvalue weighted by atomic mass is 32.2. The first-order valence-corrected chi connectivity index (χ1v) is 11.9. The number of amides is 1. The molecular formula is C28H26N2O2S. The minimum atomic E-state index is -0.188. The van der Waals surface area contributed by atoms with Crippen molar-refractivity contribution in [1.82, 2.24) is 5.43 Å². The summed E-state index contributed by atoms with van der Waals surface area (Å²) in [6, 6.07) is 32.3. The maximum absolute atomic E-state index is 12.3. The zero-order valence-electron chi connectivity index (χ0n) is 18.5. The van der Waals surface area contributed by atoms with Crippen LogP contribution < -0.4 is 10.2 Å². The van der Waals surface area contributed by atoms with Gasteiger partial charge in [0.05, 0.1) is 11.5 Å². The molecule has 0 fully saturated rings. The van der Waals surface area contributed by atoms with Crippen LogP contribution in [0.2, 0.25) is 0 Å². The summed E-state index contributed by atoms with van der Waals surface area (Å²) in [4.78, 5) is 12.3. The molecule has 4 rings (SSSR count). The Morgan fingerprint density at radius 2 is 1.67 bits per heavy atom. The quantitative estimate of drug-likeness (QED) is 0.242. The molecule has 1 amide bonds. The van der Waals surface area contributed by atoms with Crippen LogP contribution in [0.25, 0.3) is 10.8 Å². The molecule has 0 saturated heterocycles. The van der Waals surface area contributed by atoms with Crippen LogP contribution in [0.5, 0.6) is 5.75 Å². The molecule has 166 valence electrons. The van der Waals surface area contributed by atoms with Gasteiger partial charge in [-0.25, -0.2) is 5.43 Å². The van der Waals surface area contributed by atoms with Gasteiger partial charge in [-0.1, -0.05) is 72.8 Å². The van der Waals surface area contributed by atoms with E-state index in [0.717, 1.165) is 22.6 Å². The molecule has 1 N–H and O–H groups in total. The van der Waals surface area contributed by atoms with Crippen molar-refractivity contribution < 1.29 is 9.53 Å². The average Bonchev–Trinajstić information content (AvgIpc) is 2.87. The van der Waals surface area contributed by atoms with Gasteiger partial charge in [-0.3, -0.25) is 4.79 Å². The minimum absolute atomic E-state index is 0.109. The van der Waals surface area contributed by atoms with Crippen LogP contribution in [0.3, 0.4) is 0 Å². The van der Waals surface area contributed by atoms with E-state index in [1.807, 2.05) is 61.5 Å². The van der Waals surface area contributed by atoms with E-state index in [1.54, 1.807) is 18.0 Å². The van der Waals surface area contributed by atoms with Crippen molar-refractivity contribution in [2.24, 2.45) is 5.10 Å². The third-order valence-corrected chi connectivity index (χ3v) is 6.47. The number of carbonyl (C=O) groups excluding carboxylic acids is 1. The van der Waals surface area contributed by atoms with Crippen molar-refractivity contribution >= 4 is 34.7 Å². The van der Waals surface area contributed by atoms with Crippen LogP contribution >= 0.6 is 11.8 Å². The average molecular weight is 455 g/mol. The van der Waals surface area contributed by atoms with Crippen molar-refractivity contribution in [3.05, 3.63) is 114 Å². The van der Waals surface area contributed by atoms with Crippen LogP contribution in [0.15, 0.2) is 102 Å². The highest BCUT2D eigenvalue weighted by molar-refractivity contribution is 7.99. The van der Waals surface area contributed by atoms with E-state index in [0.29, 0.717) is 6.61 Å². The third-order valence-electron chi connectivity index (χ3n) is 5.25. The molecule has 0 saturated carbocycles. The Bertz CT molecular complexity index is 1220. The topological polar surface area (TPSA) is 50.7 Å². The molecular weight excluding hydrogens is 428 g/mol. The maximum atomic E-state index is 12.3. The Labute approximate surface area is 198 Å². The van der Waals surface area contributed by atoms with E-state index in [1.165, 1.54) is 16.3 Å². The Kier molecular flexibility index (Phi) is 7.77. The van der Waals surface area contributed by atoms with Crippen LogP contribution in [0, 0.1) is 0 Å². The number of rotatable bonds is 9. The zero-order valence-corrected chi connectivity index (χ0v) is 19.3. The molecule has 0 aliphatic carbocycles. The molecule has 4 aromatic carbocycles. The number of hydrazone groups is 1. The van der Waals surface area contributed by atoms with Crippen molar-refractivity contribution in [2.45, 2.75) is 24.5 Å². The molecule has 0 bridgehead atoms. The van der Waals surface area contributed by atoms with Gasteiger partial charge in [0.1, 0.15) is 12.4 Å². The first kappa shape index (κ1) is 22.6. The number of nitrogens with one attached hydrogen (secondary N) is 1. The van der Waals surface area contributed by atoms with E-state index in [-0.39, 0.29) is 11.2 Å². The summed E-state index contributed by atoms with van der Waals surface area (Å²) < 4.78 is 5.98. The number of hydrogen-bond donors (Lipinski definition) is 1. The Morgan fingerprint density at radius 1 is 0.939 bits per heavy atom. The van der Waals surface area contributed by atoms with Crippen molar-refractivity contribution in [1.29, 1.82) is 0 Å². The fourth-order valence-electron chi connectivity index (χ4n) is 3.36. The number of ether oxygens (including phenoxy) is 1. The standard InChI is InChI=1S/C28H26N2O2S/c1-21(33-20-23-8-3-2-4-9-23)28(31)30-29-18-22-14-16-26(17-15-22)32-19-25-12-7-11-24-10-5-6-13-27(24)25/h2-18,21H,19-20H2,1H3,(H,30,31)/b29-18-/t21-/m0/s1. The predicted molar refractivity (Wildman–Crippen MR) is 138 cm³/mol. The molecule has 0 radical (unpaired) electrons. The van der Waals surface area contributed by atoms with Gasteiger partial charge >= 0.3 is 0 Å². The summed E-state index contributed by atoms with van der Waals surface area (Å²) in [5.74, 6) is 1.47. The Hall–Kier alpha value is -3.57. The van der Waals surface area contributed by atoms with Crippen molar-refractivity contribution in [3.8, 4) is 5.75 Å². The Balaban J connectivity index is 1.25. The first-order valence-electron chi connectivity index (χ1n) is 10.9. The van der Waals surface area contributed by atoms with E-state index in [4.69, 9.17) is 4.74 Å². The normalized spacial score (nSPS) is 12.0. The van der Waals surface area contributed by atoms with Gasteiger partial charge in [-0.05, 0) is 58.7 Å². The molecule has 0 aromatic heterocycles. The highest BCUT2D eigenvalue weighted by Gasteiger charge is 2.12. The van der Waals surface area contributed by atoms with Crippen LogP contribution in [-0.4, -0.2) is 17.4 Å². The van der Waals surface area contributed by atoms with Crippen molar-refractivity contribution in [3.63, 3.8) is 0 Å². The Morgan fingerprint density at radius 3 is 2.48 bits per heavy atom. The van der Waals surface area contributed by atoms with Crippen LogP contribution in [-0.2, 0) is 17.2 Å². The molecule has 4 nitrogen and oxygen atoms in total. The monoisotopic (exact) mass is 454 g/mol. The lowest BCUT2D eigenvalue weighted by Crippen LogP contribution is -2.26. The number of nitrogens with zero attached hydrogens (tertiary/aromatic N) is 1. The number of hydrogen-bond acceptors (Lipinski definition) is 4. The smallest absolute Gasteiger partial charge is 0.252 e. The first-order chi connectivity index (χ1) is 16.2. The van der Waals surface area contributed by atoms with Gasteiger partial charge < -0.3 is 4.74 Å². The van der Waals surface area contributed by atoms with E-state index < -0.39 is 0 Å². The summed E-state index contributed by atoms with van der Waals surface area (Å²) in [5, 5.41) is 6.32. The highest BCUT2D eigenvalue weighted by Crippen LogP contribution is 2.21. The predicted octanol–water partition coefficient (Wildman–Crippen LogP) is 6.19. The summed E-state index contributed by atoms with van der Waals surface area (Å²) in [6.07, 6.45) is 1.64. The minimum Gasteiger partial charge on any atom is -0.489 e. The molecule has 0 heterocycles. The summed E-state index contributed by atoms with van der Waals surface area (Å²) in [6.45, 7) is 2.39. The molecule has 0 unspecified atom stereocenters.